The van der Waals surface area contributed by atoms with E-state index in [4.69, 9.17) is 0 Å². The van der Waals surface area contributed by atoms with E-state index in [2.05, 4.69) is 279 Å². The van der Waals surface area contributed by atoms with Crippen molar-refractivity contribution in [2.24, 2.45) is 0 Å². The van der Waals surface area contributed by atoms with Gasteiger partial charge in [0.15, 0.2) is 0 Å². The van der Waals surface area contributed by atoms with Crippen LogP contribution in [0, 0.1) is 6.92 Å². The van der Waals surface area contributed by atoms with Crippen molar-refractivity contribution in [1.82, 2.24) is 0 Å². The standard InChI is InChI=1S/C64H50N2/c1-45-14-13-21-57(42-45)66(56-36-32-53(33-37-56)51-28-24-49(25-29-51)47-17-9-5-10-18-47)59-39-41-61-60-40-38-58(43-62(60)64(2,3)63(61)44-59)65(54-19-11-6-12-20-54)55-34-30-52(31-35-55)50-26-22-48(23-27-50)46-15-7-4-8-16-46/h4-44H,1-3H3. The fourth-order valence-electron chi connectivity index (χ4n) is 9.81. The highest BCUT2D eigenvalue weighted by Crippen LogP contribution is 2.52. The van der Waals surface area contributed by atoms with E-state index in [0.717, 1.165) is 34.1 Å². The summed E-state index contributed by atoms with van der Waals surface area (Å²) >= 11 is 0. The van der Waals surface area contributed by atoms with Crippen LogP contribution in [0.4, 0.5) is 34.1 Å². The Hall–Kier alpha value is -8.20. The van der Waals surface area contributed by atoms with Crippen molar-refractivity contribution in [2.45, 2.75) is 26.2 Å². The van der Waals surface area contributed by atoms with Gasteiger partial charge in [-0.05, 0) is 152 Å². The number of nitrogens with zero attached hydrogens (tertiary/aromatic N) is 2. The number of anilines is 6. The largest absolute Gasteiger partial charge is 0.310 e. The SMILES string of the molecule is Cc1cccc(N(c2ccc(-c3ccc(-c4ccccc4)cc3)cc2)c2ccc3c(c2)C(C)(C)c2cc(N(c4ccccc4)c4ccc(-c5ccc(-c6ccccc6)cc5)cc4)ccc2-3)c1. The van der Waals surface area contributed by atoms with Gasteiger partial charge in [0.25, 0.3) is 0 Å². The van der Waals surface area contributed by atoms with E-state index in [-0.39, 0.29) is 5.41 Å². The molecule has 0 heterocycles. The molecule has 0 unspecified atom stereocenters. The van der Waals surface area contributed by atoms with Gasteiger partial charge in [0.05, 0.1) is 0 Å². The first kappa shape index (κ1) is 40.6. The molecule has 66 heavy (non-hydrogen) atoms. The lowest BCUT2D eigenvalue weighted by Gasteiger charge is -2.29. The molecular formula is C64H50N2. The third-order valence-electron chi connectivity index (χ3n) is 13.3. The second-order valence-electron chi connectivity index (χ2n) is 17.9. The number of aryl methyl sites for hydroxylation is 1. The van der Waals surface area contributed by atoms with E-state index in [9.17, 15) is 0 Å². The average Bonchev–Trinajstić information content (AvgIpc) is 3.60. The maximum atomic E-state index is 2.42. The first-order chi connectivity index (χ1) is 32.4. The molecule has 0 bridgehead atoms. The van der Waals surface area contributed by atoms with Crippen LogP contribution in [0.1, 0.15) is 30.5 Å². The Morgan fingerprint density at radius 2 is 0.545 bits per heavy atom. The summed E-state index contributed by atoms with van der Waals surface area (Å²) in [4.78, 5) is 4.78. The molecule has 1 aliphatic carbocycles. The minimum Gasteiger partial charge on any atom is -0.310 e. The van der Waals surface area contributed by atoms with Gasteiger partial charge in [-0.25, -0.2) is 0 Å². The van der Waals surface area contributed by atoms with Crippen molar-refractivity contribution >= 4 is 34.1 Å². The smallest absolute Gasteiger partial charge is 0.0465 e. The van der Waals surface area contributed by atoms with Crippen LogP contribution in [0.2, 0.25) is 0 Å². The van der Waals surface area contributed by atoms with Crippen LogP contribution in [-0.4, -0.2) is 0 Å². The average molecular weight is 847 g/mol. The Kier molecular flexibility index (Phi) is 10.5. The third kappa shape index (κ3) is 7.67. The van der Waals surface area contributed by atoms with Crippen LogP contribution >= 0.6 is 0 Å². The summed E-state index contributed by atoms with van der Waals surface area (Å²) in [5.74, 6) is 0. The van der Waals surface area contributed by atoms with Crippen molar-refractivity contribution < 1.29 is 0 Å². The summed E-state index contributed by atoms with van der Waals surface area (Å²) in [5, 5.41) is 0. The van der Waals surface area contributed by atoms with E-state index < -0.39 is 0 Å². The highest BCUT2D eigenvalue weighted by molar-refractivity contribution is 5.89. The molecule has 2 nitrogen and oxygen atoms in total. The summed E-state index contributed by atoms with van der Waals surface area (Å²) in [6, 6.07) is 90.5. The van der Waals surface area contributed by atoms with Gasteiger partial charge in [0.1, 0.15) is 0 Å². The molecular weight excluding hydrogens is 797 g/mol. The Morgan fingerprint density at radius 1 is 0.258 bits per heavy atom. The topological polar surface area (TPSA) is 6.48 Å². The molecule has 0 spiro atoms. The highest BCUT2D eigenvalue weighted by Gasteiger charge is 2.37. The zero-order chi connectivity index (χ0) is 44.6. The van der Waals surface area contributed by atoms with Gasteiger partial charge in [0, 0.05) is 39.5 Å². The second-order valence-corrected chi connectivity index (χ2v) is 17.9. The number of benzene rings is 10. The Morgan fingerprint density at radius 3 is 0.939 bits per heavy atom. The zero-order valence-electron chi connectivity index (χ0n) is 37.6. The number of hydrogen-bond acceptors (Lipinski definition) is 2. The summed E-state index contributed by atoms with van der Waals surface area (Å²) in [6.45, 7) is 6.93. The van der Waals surface area contributed by atoms with Crippen molar-refractivity contribution in [3.05, 3.63) is 265 Å². The van der Waals surface area contributed by atoms with Gasteiger partial charge in [-0.1, -0.05) is 190 Å². The van der Waals surface area contributed by atoms with Crippen molar-refractivity contribution in [3.63, 3.8) is 0 Å². The molecule has 0 atom stereocenters. The molecule has 0 N–H and O–H groups in total. The van der Waals surface area contributed by atoms with Gasteiger partial charge in [-0.3, -0.25) is 0 Å². The molecule has 11 rings (SSSR count). The van der Waals surface area contributed by atoms with Crippen LogP contribution in [0.15, 0.2) is 249 Å². The van der Waals surface area contributed by atoms with Crippen molar-refractivity contribution in [2.75, 3.05) is 9.80 Å². The predicted molar refractivity (Wildman–Crippen MR) is 280 cm³/mol. The molecule has 0 saturated heterocycles. The minimum atomic E-state index is -0.247. The summed E-state index contributed by atoms with van der Waals surface area (Å²) in [5.41, 5.74) is 22.7. The first-order valence-electron chi connectivity index (χ1n) is 22.9. The van der Waals surface area contributed by atoms with Gasteiger partial charge >= 0.3 is 0 Å². The van der Waals surface area contributed by atoms with E-state index in [1.165, 1.54) is 72.3 Å². The number of para-hydroxylation sites is 1. The van der Waals surface area contributed by atoms with Crippen LogP contribution in [0.5, 0.6) is 0 Å². The molecule has 0 aromatic heterocycles. The lowest BCUT2D eigenvalue weighted by atomic mass is 9.82. The van der Waals surface area contributed by atoms with Gasteiger partial charge < -0.3 is 9.80 Å². The van der Waals surface area contributed by atoms with Crippen LogP contribution in [0.3, 0.4) is 0 Å². The normalized spacial score (nSPS) is 12.3. The monoisotopic (exact) mass is 846 g/mol. The third-order valence-corrected chi connectivity index (χ3v) is 13.3. The van der Waals surface area contributed by atoms with E-state index in [1.807, 2.05) is 0 Å². The summed E-state index contributed by atoms with van der Waals surface area (Å²) in [7, 11) is 0. The van der Waals surface area contributed by atoms with Gasteiger partial charge in [-0.15, -0.1) is 0 Å². The molecule has 1 aliphatic rings. The predicted octanol–water partition coefficient (Wildman–Crippen LogP) is 17.9. The quantitative estimate of drug-likeness (QED) is 0.135. The van der Waals surface area contributed by atoms with Gasteiger partial charge in [-0.2, -0.15) is 0 Å². The maximum absolute atomic E-state index is 2.42. The van der Waals surface area contributed by atoms with Crippen LogP contribution < -0.4 is 9.80 Å². The van der Waals surface area contributed by atoms with E-state index >= 15 is 0 Å². The molecule has 10 aromatic carbocycles. The lowest BCUT2D eigenvalue weighted by Crippen LogP contribution is -2.17. The van der Waals surface area contributed by atoms with E-state index in [1.54, 1.807) is 0 Å². The molecule has 0 fully saturated rings. The highest BCUT2D eigenvalue weighted by atomic mass is 15.1. The minimum absolute atomic E-state index is 0.247. The Labute approximate surface area is 389 Å². The van der Waals surface area contributed by atoms with Crippen molar-refractivity contribution in [3.8, 4) is 55.6 Å². The lowest BCUT2D eigenvalue weighted by molar-refractivity contribution is 0.660. The molecule has 0 amide bonds. The molecule has 0 radical (unpaired) electrons. The number of hydrogen-bond donors (Lipinski definition) is 0. The molecule has 0 saturated carbocycles. The van der Waals surface area contributed by atoms with Crippen molar-refractivity contribution in [1.29, 1.82) is 0 Å². The van der Waals surface area contributed by atoms with E-state index in [0.29, 0.717) is 0 Å². The van der Waals surface area contributed by atoms with Crippen LogP contribution in [-0.2, 0) is 5.41 Å². The summed E-state index contributed by atoms with van der Waals surface area (Å²) in [6.07, 6.45) is 0. The maximum Gasteiger partial charge on any atom is 0.0465 e. The Bertz CT molecular complexity index is 3280. The fraction of sp³-hybridized carbons (Fsp3) is 0.0625. The summed E-state index contributed by atoms with van der Waals surface area (Å²) < 4.78 is 0. The molecule has 2 heteroatoms. The van der Waals surface area contributed by atoms with Crippen LogP contribution in [0.25, 0.3) is 55.6 Å². The number of fused-ring (bicyclic) bond motifs is 3. The molecule has 0 aliphatic heterocycles. The zero-order valence-corrected chi connectivity index (χ0v) is 37.6. The Balaban J connectivity index is 0.912. The molecule has 10 aromatic rings. The number of rotatable bonds is 10. The molecule has 316 valence electrons. The second kappa shape index (κ2) is 17.1. The fourth-order valence-corrected chi connectivity index (χ4v) is 9.81. The van der Waals surface area contributed by atoms with Gasteiger partial charge in [0.2, 0.25) is 0 Å². The first-order valence-corrected chi connectivity index (χ1v) is 22.9.